The van der Waals surface area contributed by atoms with E-state index in [2.05, 4.69) is 26.3 Å². The predicted octanol–water partition coefficient (Wildman–Crippen LogP) is 3.02. The van der Waals surface area contributed by atoms with Gasteiger partial charge < -0.3 is 16.0 Å². The van der Waals surface area contributed by atoms with Crippen molar-refractivity contribution in [3.05, 3.63) is 72.6 Å². The smallest absolute Gasteiger partial charge is 0.325 e. The van der Waals surface area contributed by atoms with Crippen LogP contribution in [0.25, 0.3) is 10.8 Å². The molecule has 0 aliphatic rings. The molecule has 2 amide bonds. The number of anilines is 1. The summed E-state index contributed by atoms with van der Waals surface area (Å²) in [6, 6.07) is 17.2. The summed E-state index contributed by atoms with van der Waals surface area (Å²) >= 11 is 5.25. The second-order valence-corrected chi connectivity index (χ2v) is 6.43. The number of hydrogen-bond donors (Lipinski definition) is 4. The Kier molecular flexibility index (Phi) is 6.30. The Morgan fingerprint density at radius 2 is 1.93 bits per heavy atom. The van der Waals surface area contributed by atoms with Crippen molar-refractivity contribution in [2.24, 2.45) is 0 Å². The molecular formula is C20H21N5OS. The van der Waals surface area contributed by atoms with Crippen LogP contribution >= 0.6 is 12.2 Å². The Bertz CT molecular complexity index is 932. The average Bonchev–Trinajstić information content (AvgIpc) is 2.68. The van der Waals surface area contributed by atoms with Gasteiger partial charge in [-0.15, -0.1) is 0 Å². The molecule has 0 aliphatic carbocycles. The van der Waals surface area contributed by atoms with Crippen LogP contribution in [0.3, 0.4) is 0 Å². The number of aromatic nitrogens is 1. The number of carbonyl (C=O) groups excluding carboxylic acids is 1. The number of carbonyl (C=O) groups is 1. The second kappa shape index (κ2) is 9.07. The lowest BCUT2D eigenvalue weighted by molar-refractivity contribution is 0.256. The van der Waals surface area contributed by atoms with Crippen molar-refractivity contribution in [2.75, 3.05) is 12.4 Å². The second-order valence-electron chi connectivity index (χ2n) is 6.02. The predicted molar refractivity (Wildman–Crippen MR) is 113 cm³/mol. The Hall–Kier alpha value is -3.03. The summed E-state index contributed by atoms with van der Waals surface area (Å²) in [6.45, 7) is 0. The van der Waals surface area contributed by atoms with Crippen molar-refractivity contribution >= 4 is 39.8 Å². The lowest BCUT2D eigenvalue weighted by atomic mass is 10.1. The van der Waals surface area contributed by atoms with Gasteiger partial charge in [-0.3, -0.25) is 10.3 Å². The first-order valence-electron chi connectivity index (χ1n) is 8.57. The zero-order chi connectivity index (χ0) is 19.1. The van der Waals surface area contributed by atoms with E-state index < -0.39 is 6.03 Å². The largest absolute Gasteiger partial charge is 0.347 e. The van der Waals surface area contributed by atoms with Crippen LogP contribution in [0.4, 0.5) is 10.5 Å². The van der Waals surface area contributed by atoms with Crippen molar-refractivity contribution in [3.63, 3.8) is 0 Å². The number of pyridine rings is 1. The maximum Gasteiger partial charge on any atom is 0.325 e. The molecule has 2 aromatic carbocycles. The van der Waals surface area contributed by atoms with E-state index in [1.165, 1.54) is 5.56 Å². The van der Waals surface area contributed by atoms with Crippen LogP contribution in [-0.2, 0) is 6.42 Å². The summed E-state index contributed by atoms with van der Waals surface area (Å²) in [5, 5.41) is 14.0. The van der Waals surface area contributed by atoms with Crippen LogP contribution in [0.1, 0.15) is 5.56 Å². The molecule has 27 heavy (non-hydrogen) atoms. The summed E-state index contributed by atoms with van der Waals surface area (Å²) in [5.41, 5.74) is 1.85. The van der Waals surface area contributed by atoms with E-state index in [1.807, 2.05) is 61.6 Å². The summed E-state index contributed by atoms with van der Waals surface area (Å²) in [4.78, 5) is 16.3. The average molecular weight is 379 g/mol. The van der Waals surface area contributed by atoms with Gasteiger partial charge in [0.05, 0.1) is 6.17 Å². The lowest BCUT2D eigenvalue weighted by Gasteiger charge is -2.20. The van der Waals surface area contributed by atoms with E-state index in [9.17, 15) is 4.79 Å². The van der Waals surface area contributed by atoms with Gasteiger partial charge >= 0.3 is 6.03 Å². The maximum absolute atomic E-state index is 12.2. The molecular weight excluding hydrogens is 358 g/mol. The molecule has 138 valence electrons. The van der Waals surface area contributed by atoms with Gasteiger partial charge in [-0.05, 0) is 48.4 Å². The molecule has 3 rings (SSSR count). The number of likely N-dealkylation sites (N-methyl/N-ethyl adjacent to an activating group) is 1. The first-order chi connectivity index (χ1) is 13.1. The molecule has 1 aromatic heterocycles. The minimum atomic E-state index is -0.393. The quantitative estimate of drug-likeness (QED) is 0.405. The minimum absolute atomic E-state index is 0.0895. The molecule has 1 unspecified atom stereocenters. The Balaban J connectivity index is 1.53. The molecule has 6 nitrogen and oxygen atoms in total. The van der Waals surface area contributed by atoms with E-state index in [-0.39, 0.29) is 11.3 Å². The topological polar surface area (TPSA) is 78.1 Å². The summed E-state index contributed by atoms with van der Waals surface area (Å²) in [7, 11) is 1.84. The molecule has 7 heteroatoms. The number of benzene rings is 2. The number of amides is 2. The molecule has 3 aromatic rings. The molecule has 0 bridgehead atoms. The summed E-state index contributed by atoms with van der Waals surface area (Å²) in [6.07, 6.45) is 4.14. The van der Waals surface area contributed by atoms with Gasteiger partial charge in [-0.25, -0.2) is 4.79 Å². The number of urea groups is 1. The Labute approximate surface area is 163 Å². The zero-order valence-corrected chi connectivity index (χ0v) is 15.7. The molecule has 0 saturated carbocycles. The van der Waals surface area contributed by atoms with Crippen LogP contribution in [0.15, 0.2) is 67.0 Å². The van der Waals surface area contributed by atoms with E-state index in [0.29, 0.717) is 5.69 Å². The van der Waals surface area contributed by atoms with Gasteiger partial charge in [-0.1, -0.05) is 36.4 Å². The van der Waals surface area contributed by atoms with Crippen molar-refractivity contribution in [1.29, 1.82) is 0 Å². The number of fused-ring (bicyclic) bond motifs is 1. The summed E-state index contributed by atoms with van der Waals surface area (Å²) < 4.78 is 0. The highest BCUT2D eigenvalue weighted by Crippen LogP contribution is 2.17. The molecule has 1 atom stereocenters. The van der Waals surface area contributed by atoms with Gasteiger partial charge in [0.1, 0.15) is 0 Å². The van der Waals surface area contributed by atoms with Crippen LogP contribution < -0.4 is 21.3 Å². The van der Waals surface area contributed by atoms with Gasteiger partial charge in [-0.2, -0.15) is 0 Å². The number of hydrogen-bond acceptors (Lipinski definition) is 4. The molecule has 0 radical (unpaired) electrons. The van der Waals surface area contributed by atoms with Crippen molar-refractivity contribution in [1.82, 2.24) is 20.9 Å². The van der Waals surface area contributed by atoms with Crippen LogP contribution in [0.5, 0.6) is 0 Å². The third-order valence-electron chi connectivity index (χ3n) is 4.06. The minimum Gasteiger partial charge on any atom is -0.347 e. The molecule has 1 heterocycles. The molecule has 4 N–H and O–H groups in total. The number of thiocarbonyl (C=S) groups is 1. The fraction of sp³-hybridized carbons (Fsp3) is 0.150. The fourth-order valence-corrected chi connectivity index (χ4v) is 2.93. The van der Waals surface area contributed by atoms with Gasteiger partial charge in [0.2, 0.25) is 0 Å². The third kappa shape index (κ3) is 5.47. The SMILES string of the molecule is CNC(Cc1ccccc1)NC(=S)NC(=O)Nc1ccc2cnccc2c1. The Morgan fingerprint density at radius 1 is 1.11 bits per heavy atom. The highest BCUT2D eigenvalue weighted by molar-refractivity contribution is 7.80. The normalized spacial score (nSPS) is 11.6. The van der Waals surface area contributed by atoms with Crippen molar-refractivity contribution < 1.29 is 4.79 Å². The monoisotopic (exact) mass is 379 g/mol. The third-order valence-corrected chi connectivity index (χ3v) is 4.28. The van der Waals surface area contributed by atoms with Gasteiger partial charge in [0.15, 0.2) is 5.11 Å². The van der Waals surface area contributed by atoms with Crippen LogP contribution in [-0.4, -0.2) is 29.3 Å². The van der Waals surface area contributed by atoms with Gasteiger partial charge in [0, 0.05) is 29.9 Å². The number of nitrogens with zero attached hydrogens (tertiary/aromatic N) is 1. The number of rotatable bonds is 5. The molecule has 0 aliphatic heterocycles. The molecule has 0 saturated heterocycles. The Morgan fingerprint density at radius 3 is 2.70 bits per heavy atom. The van der Waals surface area contributed by atoms with E-state index >= 15 is 0 Å². The van der Waals surface area contributed by atoms with E-state index in [0.717, 1.165) is 17.2 Å². The lowest BCUT2D eigenvalue weighted by Crippen LogP contribution is -2.51. The van der Waals surface area contributed by atoms with E-state index in [1.54, 1.807) is 12.4 Å². The molecule has 0 spiro atoms. The first-order valence-corrected chi connectivity index (χ1v) is 8.98. The van der Waals surface area contributed by atoms with E-state index in [4.69, 9.17) is 12.2 Å². The van der Waals surface area contributed by atoms with Gasteiger partial charge in [0.25, 0.3) is 0 Å². The zero-order valence-electron chi connectivity index (χ0n) is 14.9. The number of nitrogens with one attached hydrogen (secondary N) is 4. The standard InChI is InChI=1S/C20H21N5OS/c1-21-18(11-14-5-3-2-4-6-14)24-20(27)25-19(26)23-17-8-7-16-13-22-10-9-15(16)12-17/h2-10,12-13,18,21H,11H2,1H3,(H3,23,24,25,26,27). The maximum atomic E-state index is 12.2. The van der Waals surface area contributed by atoms with Crippen molar-refractivity contribution in [2.45, 2.75) is 12.6 Å². The highest BCUT2D eigenvalue weighted by atomic mass is 32.1. The first kappa shape index (κ1) is 18.8. The highest BCUT2D eigenvalue weighted by Gasteiger charge is 2.11. The molecule has 0 fully saturated rings. The van der Waals surface area contributed by atoms with Crippen LogP contribution in [0, 0.1) is 0 Å². The fourth-order valence-electron chi connectivity index (χ4n) is 2.70. The van der Waals surface area contributed by atoms with Crippen molar-refractivity contribution in [3.8, 4) is 0 Å². The van der Waals surface area contributed by atoms with Crippen LogP contribution in [0.2, 0.25) is 0 Å². The summed E-state index contributed by atoms with van der Waals surface area (Å²) in [5.74, 6) is 0.